The minimum absolute atomic E-state index is 0.0893. The number of anilines is 1. The maximum Gasteiger partial charge on any atom is 0.356 e. The quantitative estimate of drug-likeness (QED) is 0.0987. The van der Waals surface area contributed by atoms with Crippen molar-refractivity contribution < 1.29 is 18.3 Å². The van der Waals surface area contributed by atoms with Crippen molar-refractivity contribution in [1.29, 1.82) is 0 Å². The first-order chi connectivity index (χ1) is 19.0. The molecular formula is C30H56N3O5P. The summed E-state index contributed by atoms with van der Waals surface area (Å²) in [5, 5.41) is 0. The highest BCUT2D eigenvalue weighted by atomic mass is 31.2. The molecule has 0 amide bonds. The first-order valence-electron chi connectivity index (χ1n) is 15.8. The number of ether oxygens (including phenoxy) is 1. The predicted molar refractivity (Wildman–Crippen MR) is 160 cm³/mol. The Bertz CT molecular complexity index is 838. The summed E-state index contributed by atoms with van der Waals surface area (Å²) in [5.74, 6) is 0.181. The number of aromatic nitrogens is 2. The van der Waals surface area contributed by atoms with E-state index in [9.17, 15) is 9.36 Å². The van der Waals surface area contributed by atoms with Crippen molar-refractivity contribution in [2.45, 2.75) is 148 Å². The normalized spacial score (nSPS) is 19.5. The van der Waals surface area contributed by atoms with Crippen molar-refractivity contribution >= 4 is 13.4 Å². The number of hydrogen-bond acceptors (Lipinski definition) is 7. The third-order valence-corrected chi connectivity index (χ3v) is 9.09. The molecule has 39 heavy (non-hydrogen) atoms. The highest BCUT2D eigenvalue weighted by Gasteiger charge is 2.33. The molecule has 1 aromatic rings. The van der Waals surface area contributed by atoms with Crippen LogP contribution >= 0.6 is 7.60 Å². The molecule has 2 heterocycles. The van der Waals surface area contributed by atoms with E-state index in [-0.39, 0.29) is 31.4 Å². The van der Waals surface area contributed by atoms with Gasteiger partial charge in [-0.2, -0.15) is 4.98 Å². The van der Waals surface area contributed by atoms with Crippen LogP contribution in [0.4, 0.5) is 5.82 Å². The highest BCUT2D eigenvalue weighted by Crippen LogP contribution is 2.51. The molecule has 1 aliphatic rings. The molecule has 1 aliphatic heterocycles. The van der Waals surface area contributed by atoms with E-state index in [2.05, 4.69) is 11.9 Å². The topological polar surface area (TPSA) is 106 Å². The lowest BCUT2D eigenvalue weighted by molar-refractivity contribution is -0.0146. The van der Waals surface area contributed by atoms with Gasteiger partial charge in [-0.1, -0.05) is 129 Å². The highest BCUT2D eigenvalue weighted by molar-refractivity contribution is 7.53. The molecule has 0 spiro atoms. The molecule has 8 nitrogen and oxygen atoms in total. The van der Waals surface area contributed by atoms with Crippen molar-refractivity contribution in [3.63, 3.8) is 0 Å². The van der Waals surface area contributed by atoms with E-state index >= 15 is 0 Å². The van der Waals surface area contributed by atoms with E-state index in [1.807, 2.05) is 0 Å². The second-order valence-corrected chi connectivity index (χ2v) is 13.2. The zero-order valence-corrected chi connectivity index (χ0v) is 25.6. The van der Waals surface area contributed by atoms with Gasteiger partial charge in [-0.25, -0.2) is 4.79 Å². The summed E-state index contributed by atoms with van der Waals surface area (Å²) in [6, 6.07) is 1.56. The Morgan fingerprint density at radius 2 is 1.36 bits per heavy atom. The minimum Gasteiger partial charge on any atom is -0.383 e. The van der Waals surface area contributed by atoms with Crippen molar-refractivity contribution in [2.75, 3.05) is 25.3 Å². The summed E-state index contributed by atoms with van der Waals surface area (Å²) in [5.41, 5.74) is 5.07. The Balaban J connectivity index is 1.32. The second kappa shape index (κ2) is 21.5. The number of nitrogen functional groups attached to an aromatic ring is 1. The summed E-state index contributed by atoms with van der Waals surface area (Å²) in [6.07, 6.45) is 28.0. The average molecular weight is 570 g/mol. The molecule has 9 heteroatoms. The Kier molecular flexibility index (Phi) is 18.8. The van der Waals surface area contributed by atoms with Crippen LogP contribution in [-0.4, -0.2) is 35.2 Å². The molecule has 0 saturated carbocycles. The van der Waals surface area contributed by atoms with Gasteiger partial charge in [0, 0.05) is 6.20 Å². The maximum atomic E-state index is 12.7. The Hall–Kier alpha value is -1.21. The van der Waals surface area contributed by atoms with Crippen LogP contribution in [0, 0.1) is 0 Å². The van der Waals surface area contributed by atoms with Crippen LogP contribution in [0.25, 0.3) is 0 Å². The minimum atomic E-state index is -3.22. The molecule has 0 aromatic carbocycles. The van der Waals surface area contributed by atoms with Crippen LogP contribution in [0.15, 0.2) is 17.1 Å². The number of unbranched alkanes of at least 4 members (excludes halogenated alkanes) is 19. The second-order valence-electron chi connectivity index (χ2n) is 11.2. The average Bonchev–Trinajstić information content (AvgIpc) is 2.92. The molecular weight excluding hydrogens is 513 g/mol. The van der Waals surface area contributed by atoms with Gasteiger partial charge in [0.2, 0.25) is 0 Å². The number of nitrogens with two attached hydrogens (primary N) is 1. The Morgan fingerprint density at radius 1 is 0.872 bits per heavy atom. The lowest BCUT2D eigenvalue weighted by atomic mass is 10.0. The molecule has 1 saturated heterocycles. The van der Waals surface area contributed by atoms with Gasteiger partial charge in [0.05, 0.1) is 19.8 Å². The summed E-state index contributed by atoms with van der Waals surface area (Å²) < 4.78 is 30.8. The number of hydrogen-bond donors (Lipinski definition) is 1. The van der Waals surface area contributed by atoms with E-state index in [0.29, 0.717) is 6.61 Å². The standard InChI is InChI=1S/C30H56N3O5P/c1-2-3-4-5-6-7-8-9-10-11-12-13-14-15-16-17-18-19-20-21-24-37-39(35)27-36-28(26-38-39)25-33-23-22-29(31)32-30(33)34/h22-23,28H,2-21,24-27H2,1H3,(H2,31,32,34)/t28-,39?/m0/s1. The van der Waals surface area contributed by atoms with E-state index in [0.717, 1.165) is 12.8 Å². The van der Waals surface area contributed by atoms with E-state index in [1.54, 1.807) is 12.3 Å². The molecule has 1 fully saturated rings. The van der Waals surface area contributed by atoms with Gasteiger partial charge in [-0.05, 0) is 12.5 Å². The van der Waals surface area contributed by atoms with Gasteiger partial charge >= 0.3 is 13.3 Å². The van der Waals surface area contributed by atoms with Gasteiger partial charge in [0.25, 0.3) is 0 Å². The predicted octanol–water partition coefficient (Wildman–Crippen LogP) is 8.23. The first kappa shape index (κ1) is 34.0. The van der Waals surface area contributed by atoms with Gasteiger partial charge in [0.1, 0.15) is 18.3 Å². The monoisotopic (exact) mass is 569 g/mol. The van der Waals surface area contributed by atoms with Crippen LogP contribution in [-0.2, 0) is 24.9 Å². The van der Waals surface area contributed by atoms with Crippen LogP contribution in [0.5, 0.6) is 0 Å². The molecule has 226 valence electrons. The van der Waals surface area contributed by atoms with Crippen molar-refractivity contribution in [2.24, 2.45) is 0 Å². The Morgan fingerprint density at radius 3 is 1.79 bits per heavy atom. The molecule has 2 N–H and O–H groups in total. The smallest absolute Gasteiger partial charge is 0.356 e. The van der Waals surface area contributed by atoms with Crippen molar-refractivity contribution in [3.8, 4) is 0 Å². The number of rotatable bonds is 24. The SMILES string of the molecule is CCCCCCCCCCCCCCCCCCCCCCOP1(=O)CO[C@@H](Cn2ccc(N)nc2=O)CO1. The summed E-state index contributed by atoms with van der Waals surface area (Å²) in [6.45, 7) is 3.09. The van der Waals surface area contributed by atoms with Crippen LogP contribution in [0.2, 0.25) is 0 Å². The van der Waals surface area contributed by atoms with E-state index < -0.39 is 13.3 Å². The van der Waals surface area contributed by atoms with Gasteiger partial charge in [-0.15, -0.1) is 0 Å². The van der Waals surface area contributed by atoms with Crippen LogP contribution in [0.3, 0.4) is 0 Å². The largest absolute Gasteiger partial charge is 0.383 e. The van der Waals surface area contributed by atoms with Crippen molar-refractivity contribution in [3.05, 3.63) is 22.7 Å². The molecule has 0 bridgehead atoms. The fourth-order valence-electron chi connectivity index (χ4n) is 5.02. The van der Waals surface area contributed by atoms with Gasteiger partial charge < -0.3 is 19.5 Å². The summed E-state index contributed by atoms with van der Waals surface area (Å²) >= 11 is 0. The van der Waals surface area contributed by atoms with Crippen molar-refractivity contribution in [1.82, 2.24) is 9.55 Å². The third-order valence-electron chi connectivity index (χ3n) is 7.51. The number of nitrogens with zero attached hydrogens (tertiary/aromatic N) is 2. The fraction of sp³-hybridized carbons (Fsp3) is 0.867. The van der Waals surface area contributed by atoms with E-state index in [1.165, 1.54) is 120 Å². The molecule has 1 unspecified atom stereocenters. The van der Waals surface area contributed by atoms with Crippen LogP contribution < -0.4 is 11.4 Å². The lowest BCUT2D eigenvalue weighted by Gasteiger charge is -2.29. The molecule has 2 atom stereocenters. The van der Waals surface area contributed by atoms with Gasteiger partial charge in [-0.3, -0.25) is 9.13 Å². The summed E-state index contributed by atoms with van der Waals surface area (Å²) in [7, 11) is -3.22. The molecule has 0 aliphatic carbocycles. The Labute approximate surface area is 237 Å². The molecule has 2 rings (SSSR count). The van der Waals surface area contributed by atoms with Crippen LogP contribution in [0.1, 0.15) is 135 Å². The van der Waals surface area contributed by atoms with E-state index in [4.69, 9.17) is 19.5 Å². The zero-order chi connectivity index (χ0) is 28.0. The maximum absolute atomic E-state index is 12.7. The van der Waals surface area contributed by atoms with Gasteiger partial charge in [0.15, 0.2) is 0 Å². The molecule has 0 radical (unpaired) electrons. The zero-order valence-electron chi connectivity index (χ0n) is 24.7. The fourth-order valence-corrected chi connectivity index (χ4v) is 6.44. The third kappa shape index (κ3) is 16.6. The summed E-state index contributed by atoms with van der Waals surface area (Å²) in [4.78, 5) is 15.5. The lowest BCUT2D eigenvalue weighted by Crippen LogP contribution is -2.35. The first-order valence-corrected chi connectivity index (χ1v) is 17.6. The molecule has 1 aromatic heterocycles.